The molecule has 0 radical (unpaired) electrons. The molecule has 1 amide bonds. The highest BCUT2D eigenvalue weighted by Gasteiger charge is 2.28. The fraction of sp³-hybridized carbons (Fsp3) is 0.375. The largest absolute Gasteiger partial charge is 0.358 e. The molecule has 0 aromatic heterocycles. The van der Waals surface area contributed by atoms with Crippen molar-refractivity contribution in [2.75, 3.05) is 25.9 Å². The van der Waals surface area contributed by atoms with E-state index >= 15 is 0 Å². The van der Waals surface area contributed by atoms with E-state index in [4.69, 9.17) is 12.2 Å². The fourth-order valence-electron chi connectivity index (χ4n) is 2.45. The molecule has 0 aliphatic carbocycles. The lowest BCUT2D eigenvalue weighted by Crippen LogP contribution is -2.49. The van der Waals surface area contributed by atoms with Crippen molar-refractivity contribution in [3.63, 3.8) is 0 Å². The number of hydrogen-bond donors (Lipinski definition) is 1. The van der Waals surface area contributed by atoms with Crippen LogP contribution in [0.25, 0.3) is 0 Å². The zero-order valence-corrected chi connectivity index (χ0v) is 15.2. The molecule has 0 spiro atoms. The lowest BCUT2D eigenvalue weighted by Gasteiger charge is -2.30. The van der Waals surface area contributed by atoms with Crippen LogP contribution in [0.2, 0.25) is 0 Å². The van der Waals surface area contributed by atoms with Gasteiger partial charge in [-0.1, -0.05) is 18.2 Å². The minimum atomic E-state index is -3.23. The Hall–Kier alpha value is -1.93. The predicted molar refractivity (Wildman–Crippen MR) is 97.1 cm³/mol. The van der Waals surface area contributed by atoms with E-state index in [2.05, 4.69) is 11.9 Å². The quantitative estimate of drug-likeness (QED) is 0.622. The van der Waals surface area contributed by atoms with E-state index in [1.54, 1.807) is 28.2 Å². The van der Waals surface area contributed by atoms with Gasteiger partial charge in [0.25, 0.3) is 0 Å². The van der Waals surface area contributed by atoms with Crippen LogP contribution >= 0.6 is 12.2 Å². The molecule has 1 aromatic rings. The van der Waals surface area contributed by atoms with E-state index in [0.717, 1.165) is 18.2 Å². The molecular formula is C16H21N3O3S2. The third-order valence-corrected chi connectivity index (χ3v) is 5.14. The Balaban J connectivity index is 2.03. The third kappa shape index (κ3) is 4.55. The van der Waals surface area contributed by atoms with Crippen molar-refractivity contribution in [2.45, 2.75) is 17.7 Å². The van der Waals surface area contributed by atoms with E-state index in [1.807, 2.05) is 0 Å². The number of amides is 1. The Kier molecular flexibility index (Phi) is 5.95. The summed E-state index contributed by atoms with van der Waals surface area (Å²) in [4.78, 5) is 12.8. The first-order valence-corrected chi connectivity index (χ1v) is 9.88. The van der Waals surface area contributed by atoms with E-state index in [9.17, 15) is 13.2 Å². The second-order valence-corrected chi connectivity index (χ2v) is 7.96. The van der Waals surface area contributed by atoms with Crippen LogP contribution in [0, 0.1) is 0 Å². The lowest BCUT2D eigenvalue weighted by molar-refractivity contribution is -0.138. The van der Waals surface area contributed by atoms with Gasteiger partial charge in [-0.05, 0) is 36.3 Å². The summed E-state index contributed by atoms with van der Waals surface area (Å²) in [6.45, 7) is 5.49. The van der Waals surface area contributed by atoms with E-state index < -0.39 is 9.84 Å². The van der Waals surface area contributed by atoms with Gasteiger partial charge in [-0.2, -0.15) is 0 Å². The molecule has 130 valence electrons. The van der Waals surface area contributed by atoms with Crippen LogP contribution in [0.15, 0.2) is 41.8 Å². The standard InChI is InChI=1S/C16H21N3O3S2/c1-3-9-17-16(23)19-11-4-10-18(19)15(20)12-13-5-7-14(8-6-13)24(2,21)22/h3,5-8H,1,4,9-12H2,2H3,(H,17,23). The van der Waals surface area contributed by atoms with Gasteiger partial charge < -0.3 is 5.32 Å². The van der Waals surface area contributed by atoms with Crippen LogP contribution in [-0.4, -0.2) is 55.3 Å². The van der Waals surface area contributed by atoms with Crippen molar-refractivity contribution in [1.82, 2.24) is 15.3 Å². The number of sulfone groups is 1. The Labute approximate surface area is 148 Å². The normalized spacial score (nSPS) is 14.5. The smallest absolute Gasteiger partial charge is 0.245 e. The molecule has 0 atom stereocenters. The summed E-state index contributed by atoms with van der Waals surface area (Å²) in [5.74, 6) is -0.0673. The van der Waals surface area contributed by atoms with Crippen molar-refractivity contribution in [3.8, 4) is 0 Å². The van der Waals surface area contributed by atoms with Gasteiger partial charge in [0.2, 0.25) is 5.91 Å². The number of nitrogens with one attached hydrogen (secondary N) is 1. The zero-order valence-electron chi connectivity index (χ0n) is 13.6. The van der Waals surface area contributed by atoms with Crippen LogP contribution in [0.3, 0.4) is 0 Å². The van der Waals surface area contributed by atoms with Gasteiger partial charge in [-0.25, -0.2) is 8.42 Å². The molecule has 1 saturated heterocycles. The molecule has 1 aliphatic rings. The van der Waals surface area contributed by atoms with Crippen LogP contribution in [0.4, 0.5) is 0 Å². The monoisotopic (exact) mass is 367 g/mol. The molecule has 8 heteroatoms. The molecule has 24 heavy (non-hydrogen) atoms. The number of rotatable bonds is 5. The summed E-state index contributed by atoms with van der Waals surface area (Å²) in [5, 5.41) is 6.95. The second-order valence-electron chi connectivity index (χ2n) is 5.56. The number of carbonyl (C=O) groups is 1. The molecule has 0 saturated carbocycles. The molecule has 0 unspecified atom stereocenters. The Morgan fingerprint density at radius 1 is 1.29 bits per heavy atom. The van der Waals surface area contributed by atoms with Gasteiger partial charge in [0, 0.05) is 25.9 Å². The highest BCUT2D eigenvalue weighted by molar-refractivity contribution is 7.90. The number of benzene rings is 1. The van der Waals surface area contributed by atoms with Crippen molar-refractivity contribution >= 4 is 33.1 Å². The molecule has 1 aliphatic heterocycles. The maximum Gasteiger partial charge on any atom is 0.245 e. The molecule has 2 rings (SSSR count). The molecular weight excluding hydrogens is 346 g/mol. The van der Waals surface area contributed by atoms with Crippen LogP contribution in [0.5, 0.6) is 0 Å². The molecule has 0 bridgehead atoms. The maximum absolute atomic E-state index is 12.5. The van der Waals surface area contributed by atoms with E-state index in [1.165, 1.54) is 12.1 Å². The van der Waals surface area contributed by atoms with Crippen molar-refractivity contribution in [3.05, 3.63) is 42.5 Å². The van der Waals surface area contributed by atoms with Gasteiger partial charge in [0.05, 0.1) is 11.3 Å². The minimum absolute atomic E-state index is 0.0673. The molecule has 1 fully saturated rings. The van der Waals surface area contributed by atoms with Crippen LogP contribution in [-0.2, 0) is 21.1 Å². The lowest BCUT2D eigenvalue weighted by atomic mass is 10.1. The number of carbonyl (C=O) groups excluding carboxylic acids is 1. The van der Waals surface area contributed by atoms with Crippen molar-refractivity contribution in [1.29, 1.82) is 0 Å². The summed E-state index contributed by atoms with van der Waals surface area (Å²) >= 11 is 5.30. The number of hydrogen-bond acceptors (Lipinski definition) is 4. The Morgan fingerprint density at radius 2 is 1.92 bits per heavy atom. The number of thiocarbonyl (C=S) groups is 1. The average molecular weight is 367 g/mol. The van der Waals surface area contributed by atoms with Gasteiger partial charge in [0.15, 0.2) is 14.9 Å². The number of nitrogens with zero attached hydrogens (tertiary/aromatic N) is 2. The summed E-state index contributed by atoms with van der Waals surface area (Å²) in [5.41, 5.74) is 0.768. The first-order chi connectivity index (χ1) is 11.3. The third-order valence-electron chi connectivity index (χ3n) is 3.66. The molecule has 1 heterocycles. The Bertz CT molecular complexity index is 729. The van der Waals surface area contributed by atoms with Gasteiger partial charge in [0.1, 0.15) is 0 Å². The van der Waals surface area contributed by atoms with Gasteiger partial charge >= 0.3 is 0 Å². The predicted octanol–water partition coefficient (Wildman–Crippen LogP) is 1.14. The van der Waals surface area contributed by atoms with E-state index in [0.29, 0.717) is 24.7 Å². The Morgan fingerprint density at radius 3 is 2.50 bits per heavy atom. The van der Waals surface area contributed by atoms with Crippen LogP contribution < -0.4 is 5.32 Å². The highest BCUT2D eigenvalue weighted by atomic mass is 32.2. The summed E-state index contributed by atoms with van der Waals surface area (Å²) in [7, 11) is -3.23. The highest BCUT2D eigenvalue weighted by Crippen LogP contribution is 2.15. The van der Waals surface area contributed by atoms with Crippen LogP contribution in [0.1, 0.15) is 12.0 Å². The van der Waals surface area contributed by atoms with Crippen molar-refractivity contribution < 1.29 is 13.2 Å². The molecule has 6 nitrogen and oxygen atoms in total. The number of hydrazine groups is 1. The van der Waals surface area contributed by atoms with Crippen molar-refractivity contribution in [2.24, 2.45) is 0 Å². The zero-order chi connectivity index (χ0) is 17.7. The molecule has 1 N–H and O–H groups in total. The fourth-order valence-corrected chi connectivity index (χ4v) is 3.36. The second kappa shape index (κ2) is 7.76. The van der Waals surface area contributed by atoms with E-state index in [-0.39, 0.29) is 17.2 Å². The summed E-state index contributed by atoms with van der Waals surface area (Å²) in [6.07, 6.45) is 3.92. The van der Waals surface area contributed by atoms with Gasteiger partial charge in [-0.15, -0.1) is 6.58 Å². The topological polar surface area (TPSA) is 69.7 Å². The average Bonchev–Trinajstić information content (AvgIpc) is 3.02. The minimum Gasteiger partial charge on any atom is -0.358 e. The maximum atomic E-state index is 12.5. The first-order valence-electron chi connectivity index (χ1n) is 7.58. The summed E-state index contributed by atoms with van der Waals surface area (Å²) < 4.78 is 22.9. The SMILES string of the molecule is C=CCNC(=S)N1CCCN1C(=O)Cc1ccc(S(C)(=O)=O)cc1. The first kappa shape index (κ1) is 18.4. The summed E-state index contributed by atoms with van der Waals surface area (Å²) in [6, 6.07) is 6.39. The van der Waals surface area contributed by atoms with Gasteiger partial charge in [-0.3, -0.25) is 14.8 Å². The molecule has 1 aromatic carbocycles.